The number of nitrogens with zero attached hydrogens (tertiary/aromatic N) is 2. The Hall–Kier alpha value is -1.84. The Labute approximate surface area is 143 Å². The van der Waals surface area contributed by atoms with Crippen molar-refractivity contribution >= 4 is 28.7 Å². The van der Waals surface area contributed by atoms with E-state index in [1.54, 1.807) is 0 Å². The maximum absolute atomic E-state index is 12.9. The van der Waals surface area contributed by atoms with Crippen LogP contribution in [0.4, 0.5) is 13.2 Å². The number of hydrogen-bond acceptors (Lipinski definition) is 5. The standard InChI is InChI=1S/C15H13F3N2O2S2/c1-22-19-9-12-13(10-5-3-2-4-6-10)20-15(23-12)24(21)8-7-11(16)14(17)18/h2-6,9H,7-8H2,1H3/b19-9-. The molecular formula is C15H13F3N2O2S2. The van der Waals surface area contributed by atoms with Crippen LogP contribution in [0.5, 0.6) is 0 Å². The van der Waals surface area contributed by atoms with Crippen LogP contribution in [0.25, 0.3) is 11.3 Å². The van der Waals surface area contributed by atoms with Crippen molar-refractivity contribution in [3.05, 3.63) is 47.1 Å². The van der Waals surface area contributed by atoms with E-state index in [0.29, 0.717) is 10.6 Å². The largest absolute Gasteiger partial charge is 0.610 e. The highest BCUT2D eigenvalue weighted by molar-refractivity contribution is 7.93. The van der Waals surface area contributed by atoms with Crippen LogP contribution in [0, 0.1) is 0 Å². The summed E-state index contributed by atoms with van der Waals surface area (Å²) in [6.45, 7) is 0. The number of aromatic nitrogens is 1. The molecule has 0 radical (unpaired) electrons. The van der Waals surface area contributed by atoms with Crippen LogP contribution in [0.2, 0.25) is 0 Å². The molecule has 0 saturated carbocycles. The van der Waals surface area contributed by atoms with E-state index in [1.807, 2.05) is 30.3 Å². The Balaban J connectivity index is 2.27. The van der Waals surface area contributed by atoms with E-state index in [0.717, 1.165) is 16.9 Å². The van der Waals surface area contributed by atoms with Crippen molar-refractivity contribution in [2.75, 3.05) is 12.9 Å². The lowest BCUT2D eigenvalue weighted by Gasteiger charge is -2.05. The first-order chi connectivity index (χ1) is 11.5. The van der Waals surface area contributed by atoms with Crippen molar-refractivity contribution in [3.63, 3.8) is 0 Å². The second-order valence-corrected chi connectivity index (χ2v) is 7.22. The second kappa shape index (κ2) is 8.86. The SMILES string of the molecule is CO/N=C\c1sc([S+]([O-])CCC(F)=C(F)F)nc1-c1ccccc1. The van der Waals surface area contributed by atoms with Crippen molar-refractivity contribution < 1.29 is 22.6 Å². The summed E-state index contributed by atoms with van der Waals surface area (Å²) in [6.07, 6.45) is -1.55. The summed E-state index contributed by atoms with van der Waals surface area (Å²) >= 11 is -0.596. The molecule has 24 heavy (non-hydrogen) atoms. The van der Waals surface area contributed by atoms with Crippen LogP contribution in [0.15, 0.2) is 51.7 Å². The third-order valence-corrected chi connectivity index (χ3v) is 5.51. The van der Waals surface area contributed by atoms with Crippen molar-refractivity contribution in [1.29, 1.82) is 0 Å². The molecule has 1 heterocycles. The van der Waals surface area contributed by atoms with Gasteiger partial charge in [0, 0.05) is 16.7 Å². The fraction of sp³-hybridized carbons (Fsp3) is 0.200. The van der Waals surface area contributed by atoms with Gasteiger partial charge in [-0.05, 0) is 0 Å². The molecule has 4 nitrogen and oxygen atoms in total. The highest BCUT2D eigenvalue weighted by Gasteiger charge is 2.22. The predicted octanol–water partition coefficient (Wildman–Crippen LogP) is 4.37. The Bertz CT molecular complexity index is 732. The minimum Gasteiger partial charge on any atom is -0.610 e. The van der Waals surface area contributed by atoms with E-state index in [4.69, 9.17) is 0 Å². The van der Waals surface area contributed by atoms with Gasteiger partial charge in [-0.2, -0.15) is 13.8 Å². The average molecular weight is 374 g/mol. The Morgan fingerprint density at radius 2 is 2.04 bits per heavy atom. The minimum absolute atomic E-state index is 0.221. The molecule has 2 aromatic rings. The fourth-order valence-corrected chi connectivity index (χ4v) is 4.07. The molecule has 1 atom stereocenters. The van der Waals surface area contributed by atoms with Crippen LogP contribution < -0.4 is 0 Å². The van der Waals surface area contributed by atoms with Gasteiger partial charge < -0.3 is 9.39 Å². The molecule has 9 heteroatoms. The molecule has 128 valence electrons. The van der Waals surface area contributed by atoms with Gasteiger partial charge in [0.2, 0.25) is 0 Å². The quantitative estimate of drug-likeness (QED) is 0.411. The molecule has 2 rings (SSSR count). The van der Waals surface area contributed by atoms with Crippen molar-refractivity contribution in [1.82, 2.24) is 4.98 Å². The summed E-state index contributed by atoms with van der Waals surface area (Å²) in [5.41, 5.74) is 1.34. The van der Waals surface area contributed by atoms with Crippen molar-refractivity contribution in [3.8, 4) is 11.3 Å². The molecule has 0 aliphatic heterocycles. The third-order valence-electron chi connectivity index (χ3n) is 2.86. The lowest BCUT2D eigenvalue weighted by atomic mass is 10.1. The smallest absolute Gasteiger partial charge is 0.302 e. The summed E-state index contributed by atoms with van der Waals surface area (Å²) < 4.78 is 49.4. The number of halogens is 3. The molecule has 0 spiro atoms. The van der Waals surface area contributed by atoms with Gasteiger partial charge in [0.15, 0.2) is 5.83 Å². The molecule has 1 unspecified atom stereocenters. The second-order valence-electron chi connectivity index (χ2n) is 4.44. The molecule has 0 amide bonds. The lowest BCUT2D eigenvalue weighted by molar-refractivity contribution is 0.215. The zero-order valence-electron chi connectivity index (χ0n) is 12.5. The Kier molecular flexibility index (Phi) is 6.83. The van der Waals surface area contributed by atoms with E-state index in [2.05, 4.69) is 15.0 Å². The van der Waals surface area contributed by atoms with Gasteiger partial charge in [-0.25, -0.2) is 4.39 Å². The van der Waals surface area contributed by atoms with E-state index in [9.17, 15) is 17.7 Å². The van der Waals surface area contributed by atoms with E-state index in [-0.39, 0.29) is 10.1 Å². The number of oxime groups is 1. The van der Waals surface area contributed by atoms with Crippen molar-refractivity contribution in [2.45, 2.75) is 10.8 Å². The summed E-state index contributed by atoms with van der Waals surface area (Å²) in [5, 5.41) is 3.68. The molecule has 0 fully saturated rings. The van der Waals surface area contributed by atoms with Crippen LogP contribution >= 0.6 is 11.3 Å². The van der Waals surface area contributed by atoms with Gasteiger partial charge in [0.1, 0.15) is 12.9 Å². The van der Waals surface area contributed by atoms with Crippen LogP contribution in [-0.2, 0) is 16.0 Å². The number of thiazole rings is 1. The topological polar surface area (TPSA) is 57.5 Å². The Morgan fingerprint density at radius 1 is 1.33 bits per heavy atom. The molecule has 0 aliphatic carbocycles. The highest BCUT2D eigenvalue weighted by atomic mass is 32.2. The molecular weight excluding hydrogens is 361 g/mol. The maximum Gasteiger partial charge on any atom is 0.302 e. The first-order valence-corrected chi connectivity index (χ1v) is 8.87. The number of allylic oxidation sites excluding steroid dienone is 1. The predicted molar refractivity (Wildman–Crippen MR) is 88.4 cm³/mol. The van der Waals surface area contributed by atoms with Gasteiger partial charge in [-0.3, -0.25) is 0 Å². The molecule has 1 aromatic carbocycles. The summed E-state index contributed by atoms with van der Waals surface area (Å²) in [6, 6.07) is 9.15. The first kappa shape index (κ1) is 18.5. The van der Waals surface area contributed by atoms with E-state index < -0.39 is 29.5 Å². The highest BCUT2D eigenvalue weighted by Crippen LogP contribution is 2.30. The monoisotopic (exact) mass is 374 g/mol. The molecule has 0 bridgehead atoms. The van der Waals surface area contributed by atoms with Crippen LogP contribution in [0.3, 0.4) is 0 Å². The van der Waals surface area contributed by atoms with Crippen LogP contribution in [-0.4, -0.2) is 28.6 Å². The molecule has 0 saturated heterocycles. The zero-order valence-corrected chi connectivity index (χ0v) is 14.2. The van der Waals surface area contributed by atoms with Gasteiger partial charge in [0.05, 0.1) is 23.2 Å². The normalized spacial score (nSPS) is 12.4. The number of hydrogen-bond donors (Lipinski definition) is 0. The van der Waals surface area contributed by atoms with Gasteiger partial charge >= 0.3 is 10.4 Å². The summed E-state index contributed by atoms with van der Waals surface area (Å²) in [5.74, 6) is -1.82. The van der Waals surface area contributed by atoms with E-state index >= 15 is 0 Å². The first-order valence-electron chi connectivity index (χ1n) is 6.73. The zero-order chi connectivity index (χ0) is 17.5. The lowest BCUT2D eigenvalue weighted by Crippen LogP contribution is -2.07. The summed E-state index contributed by atoms with van der Waals surface area (Å²) in [4.78, 5) is 9.56. The number of benzene rings is 1. The van der Waals surface area contributed by atoms with Gasteiger partial charge in [-0.1, -0.05) is 46.8 Å². The molecule has 0 N–H and O–H groups in total. The van der Waals surface area contributed by atoms with Gasteiger partial charge in [0.25, 0.3) is 0 Å². The Morgan fingerprint density at radius 3 is 2.67 bits per heavy atom. The minimum atomic E-state index is -2.39. The maximum atomic E-state index is 12.9. The molecule has 0 aliphatic rings. The average Bonchev–Trinajstić information content (AvgIpc) is 3.02. The molecule has 1 aromatic heterocycles. The van der Waals surface area contributed by atoms with Gasteiger partial charge in [-0.15, -0.1) is 0 Å². The third kappa shape index (κ3) is 4.83. The van der Waals surface area contributed by atoms with Crippen molar-refractivity contribution in [2.24, 2.45) is 5.16 Å². The fourth-order valence-electron chi connectivity index (χ4n) is 1.76. The van der Waals surface area contributed by atoms with Crippen LogP contribution in [0.1, 0.15) is 11.3 Å². The van der Waals surface area contributed by atoms with E-state index in [1.165, 1.54) is 13.3 Å². The summed E-state index contributed by atoms with van der Waals surface area (Å²) in [7, 11) is 1.39. The number of rotatable bonds is 7.